The Labute approximate surface area is 128 Å². The van der Waals surface area contributed by atoms with Crippen LogP contribution < -0.4 is 0 Å². The van der Waals surface area contributed by atoms with Crippen molar-refractivity contribution in [2.75, 3.05) is 33.9 Å². The van der Waals surface area contributed by atoms with E-state index in [0.717, 1.165) is 6.42 Å². The van der Waals surface area contributed by atoms with Gasteiger partial charge in [-0.05, 0) is 18.1 Å². The minimum absolute atomic E-state index is 0.0962. The summed E-state index contributed by atoms with van der Waals surface area (Å²) >= 11 is 1.79. The number of hydrogen-bond donors (Lipinski definition) is 0. The Bertz CT molecular complexity index is 477. The highest BCUT2D eigenvalue weighted by Gasteiger charge is 2.26. The number of thioether (sulfide) groups is 1. The quantitative estimate of drug-likeness (QED) is 0.740. The molecule has 1 unspecified atom stereocenters. The Balaban J connectivity index is 1.96. The number of carbonyl (C=O) groups is 2. The van der Waals surface area contributed by atoms with Crippen molar-refractivity contribution in [2.45, 2.75) is 16.6 Å². The number of hydrogen-bond acceptors (Lipinski definition) is 6. The van der Waals surface area contributed by atoms with Crippen molar-refractivity contribution in [1.29, 1.82) is 0 Å². The van der Waals surface area contributed by atoms with Gasteiger partial charge in [0.1, 0.15) is 0 Å². The predicted molar refractivity (Wildman–Crippen MR) is 80.3 cm³/mol. The van der Waals surface area contributed by atoms with E-state index in [0.29, 0.717) is 11.8 Å². The first-order valence-corrected chi connectivity index (χ1v) is 7.61. The van der Waals surface area contributed by atoms with Crippen LogP contribution in [0, 0.1) is 0 Å². The first-order chi connectivity index (χ1) is 10.1. The zero-order valence-corrected chi connectivity index (χ0v) is 13.0. The second-order valence-electron chi connectivity index (χ2n) is 4.87. The van der Waals surface area contributed by atoms with Gasteiger partial charge in [-0.1, -0.05) is 18.2 Å². The van der Waals surface area contributed by atoms with E-state index in [1.54, 1.807) is 16.7 Å². The fraction of sp³-hybridized carbons (Fsp3) is 0.467. The molecule has 0 fully saturated rings. The Morgan fingerprint density at radius 2 is 1.81 bits per heavy atom. The summed E-state index contributed by atoms with van der Waals surface area (Å²) in [5.41, 5.74) is 1.32. The van der Waals surface area contributed by atoms with Gasteiger partial charge in [-0.2, -0.15) is 0 Å². The molecule has 1 atom stereocenters. The van der Waals surface area contributed by atoms with E-state index in [1.165, 1.54) is 24.7 Å². The largest absolute Gasteiger partial charge is 0.468 e. The van der Waals surface area contributed by atoms with E-state index in [4.69, 9.17) is 0 Å². The van der Waals surface area contributed by atoms with E-state index >= 15 is 0 Å². The van der Waals surface area contributed by atoms with Gasteiger partial charge in [0, 0.05) is 16.7 Å². The molecular formula is C15H19NO4S. The van der Waals surface area contributed by atoms with Crippen LogP contribution in [0.1, 0.15) is 5.56 Å². The van der Waals surface area contributed by atoms with Gasteiger partial charge in [0.05, 0.1) is 27.3 Å². The number of methoxy groups -OCH3 is 2. The summed E-state index contributed by atoms with van der Waals surface area (Å²) in [6.45, 7) is 0.835. The lowest BCUT2D eigenvalue weighted by molar-refractivity contribution is -0.145. The number of benzene rings is 1. The minimum Gasteiger partial charge on any atom is -0.468 e. The second kappa shape index (κ2) is 7.47. The van der Waals surface area contributed by atoms with Crippen molar-refractivity contribution >= 4 is 23.7 Å². The zero-order chi connectivity index (χ0) is 15.2. The van der Waals surface area contributed by atoms with Gasteiger partial charge in [-0.25, -0.2) is 0 Å². The molecule has 1 heterocycles. The average molecular weight is 309 g/mol. The molecule has 114 valence electrons. The van der Waals surface area contributed by atoms with Crippen molar-refractivity contribution in [2.24, 2.45) is 0 Å². The molecular weight excluding hydrogens is 290 g/mol. The normalized spacial score (nSPS) is 16.6. The molecule has 0 bridgehead atoms. The maximum Gasteiger partial charge on any atom is 0.319 e. The zero-order valence-electron chi connectivity index (χ0n) is 12.2. The van der Waals surface area contributed by atoms with Crippen LogP contribution >= 0.6 is 11.8 Å². The molecule has 1 aromatic rings. The van der Waals surface area contributed by atoms with Crippen LogP contribution in [0.3, 0.4) is 0 Å². The highest BCUT2D eigenvalue weighted by atomic mass is 32.2. The maximum atomic E-state index is 11.5. The second-order valence-corrected chi connectivity index (χ2v) is 6.22. The summed E-state index contributed by atoms with van der Waals surface area (Å²) in [4.78, 5) is 26.0. The van der Waals surface area contributed by atoms with Gasteiger partial charge in [0.25, 0.3) is 0 Å². The monoisotopic (exact) mass is 309 g/mol. The number of ether oxygens (including phenoxy) is 2. The topological polar surface area (TPSA) is 55.8 Å². The Morgan fingerprint density at radius 3 is 2.38 bits per heavy atom. The van der Waals surface area contributed by atoms with Crippen LogP contribution in [0.25, 0.3) is 0 Å². The first kappa shape index (κ1) is 15.9. The highest BCUT2D eigenvalue weighted by molar-refractivity contribution is 8.00. The van der Waals surface area contributed by atoms with Crippen LogP contribution in [0.15, 0.2) is 29.2 Å². The molecule has 1 aliphatic rings. The van der Waals surface area contributed by atoms with Crippen molar-refractivity contribution in [3.05, 3.63) is 29.8 Å². The third kappa shape index (κ3) is 4.47. The van der Waals surface area contributed by atoms with Gasteiger partial charge in [-0.3, -0.25) is 14.5 Å². The Kier molecular flexibility index (Phi) is 5.64. The summed E-state index contributed by atoms with van der Waals surface area (Å²) in [6, 6.07) is 8.27. The summed E-state index contributed by atoms with van der Waals surface area (Å²) < 4.78 is 9.37. The van der Waals surface area contributed by atoms with Gasteiger partial charge in [-0.15, -0.1) is 11.8 Å². The van der Waals surface area contributed by atoms with E-state index in [2.05, 4.69) is 21.6 Å². The van der Waals surface area contributed by atoms with E-state index in [1.807, 2.05) is 12.1 Å². The molecule has 0 amide bonds. The molecule has 6 heteroatoms. The van der Waals surface area contributed by atoms with E-state index in [9.17, 15) is 9.59 Å². The average Bonchev–Trinajstić information content (AvgIpc) is 2.88. The molecule has 1 aliphatic heterocycles. The fourth-order valence-electron chi connectivity index (χ4n) is 2.32. The minimum atomic E-state index is -0.348. The molecule has 0 aromatic heterocycles. The van der Waals surface area contributed by atoms with Crippen LogP contribution in [-0.4, -0.2) is 55.9 Å². The lowest BCUT2D eigenvalue weighted by Gasteiger charge is -2.22. The van der Waals surface area contributed by atoms with Crippen molar-refractivity contribution in [1.82, 2.24) is 4.90 Å². The highest BCUT2D eigenvalue weighted by Crippen LogP contribution is 2.36. The maximum absolute atomic E-state index is 11.5. The molecule has 0 aliphatic carbocycles. The van der Waals surface area contributed by atoms with E-state index in [-0.39, 0.29) is 25.0 Å². The summed E-state index contributed by atoms with van der Waals surface area (Å²) in [5.74, 6) is -0.696. The molecule has 0 saturated heterocycles. The van der Waals surface area contributed by atoms with Crippen molar-refractivity contribution in [3.63, 3.8) is 0 Å². The van der Waals surface area contributed by atoms with Gasteiger partial charge in [0.15, 0.2) is 0 Å². The molecule has 0 radical (unpaired) electrons. The SMILES string of the molecule is COC(=O)CN(CC(=O)OC)CC1Cc2ccccc2S1. The molecule has 0 saturated carbocycles. The van der Waals surface area contributed by atoms with Crippen LogP contribution in [0.2, 0.25) is 0 Å². The van der Waals surface area contributed by atoms with Crippen LogP contribution in [0.5, 0.6) is 0 Å². The van der Waals surface area contributed by atoms with Gasteiger partial charge in [0.2, 0.25) is 0 Å². The Morgan fingerprint density at radius 1 is 1.19 bits per heavy atom. The van der Waals surface area contributed by atoms with Crippen LogP contribution in [-0.2, 0) is 25.5 Å². The summed E-state index contributed by atoms with van der Waals surface area (Å²) in [6.07, 6.45) is 0.944. The number of esters is 2. The summed E-state index contributed by atoms with van der Waals surface area (Å²) in [7, 11) is 2.69. The van der Waals surface area contributed by atoms with Gasteiger partial charge >= 0.3 is 11.9 Å². The third-order valence-electron chi connectivity index (χ3n) is 3.34. The first-order valence-electron chi connectivity index (χ1n) is 6.73. The van der Waals surface area contributed by atoms with Gasteiger partial charge < -0.3 is 9.47 Å². The number of carbonyl (C=O) groups excluding carboxylic acids is 2. The number of rotatable bonds is 6. The number of fused-ring (bicyclic) bond motifs is 1. The summed E-state index contributed by atoms with van der Waals surface area (Å²) in [5, 5.41) is 0.330. The van der Waals surface area contributed by atoms with Crippen LogP contribution in [0.4, 0.5) is 0 Å². The van der Waals surface area contributed by atoms with Crippen molar-refractivity contribution in [3.8, 4) is 0 Å². The Hall–Kier alpha value is -1.53. The third-order valence-corrected chi connectivity index (χ3v) is 4.64. The molecule has 0 N–H and O–H groups in total. The predicted octanol–water partition coefficient (Wildman–Crippen LogP) is 1.35. The molecule has 2 rings (SSSR count). The fourth-order valence-corrected chi connectivity index (χ4v) is 3.69. The number of nitrogens with zero attached hydrogens (tertiary/aromatic N) is 1. The smallest absolute Gasteiger partial charge is 0.319 e. The van der Waals surface area contributed by atoms with Crippen molar-refractivity contribution < 1.29 is 19.1 Å². The molecule has 21 heavy (non-hydrogen) atoms. The van der Waals surface area contributed by atoms with E-state index < -0.39 is 0 Å². The molecule has 1 aromatic carbocycles. The molecule has 5 nitrogen and oxygen atoms in total. The lowest BCUT2D eigenvalue weighted by Crippen LogP contribution is -2.39. The lowest BCUT2D eigenvalue weighted by atomic mass is 10.1. The molecule has 0 spiro atoms. The standard InChI is InChI=1S/C15H19NO4S/c1-19-14(17)9-16(10-15(18)20-2)8-12-7-11-5-3-4-6-13(11)21-12/h3-6,12H,7-10H2,1-2H3.